The van der Waals surface area contributed by atoms with Crippen molar-refractivity contribution in [3.05, 3.63) is 65.7 Å². The molecule has 0 fully saturated rings. The lowest BCUT2D eigenvalue weighted by Gasteiger charge is -2.18. The summed E-state index contributed by atoms with van der Waals surface area (Å²) in [6.45, 7) is 2.21. The van der Waals surface area contributed by atoms with E-state index >= 15 is 0 Å². The molecule has 0 spiro atoms. The maximum absolute atomic E-state index is 5.45. The van der Waals surface area contributed by atoms with E-state index in [0.717, 1.165) is 12.2 Å². The molecule has 0 aliphatic heterocycles. The van der Waals surface area contributed by atoms with Crippen molar-refractivity contribution in [3.63, 3.8) is 0 Å². The van der Waals surface area contributed by atoms with Crippen molar-refractivity contribution >= 4 is 0 Å². The topological polar surface area (TPSA) is 9.23 Å². The quantitative estimate of drug-likeness (QED) is 0.757. The van der Waals surface area contributed by atoms with Crippen LogP contribution in [0, 0.1) is 0 Å². The van der Waals surface area contributed by atoms with E-state index in [0.29, 0.717) is 5.92 Å². The molecule has 1 unspecified atom stereocenters. The molecule has 17 heavy (non-hydrogen) atoms. The third-order valence-electron chi connectivity index (χ3n) is 3.12. The van der Waals surface area contributed by atoms with Crippen LogP contribution >= 0.6 is 0 Å². The zero-order valence-corrected chi connectivity index (χ0v) is 10.4. The Morgan fingerprint density at radius 2 is 1.59 bits per heavy atom. The summed E-state index contributed by atoms with van der Waals surface area (Å²) >= 11 is 0. The lowest BCUT2D eigenvalue weighted by Crippen LogP contribution is -2.02. The Balaban J connectivity index is 2.42. The molecule has 1 heteroatoms. The highest BCUT2D eigenvalue weighted by atomic mass is 16.5. The monoisotopic (exact) mass is 226 g/mol. The summed E-state index contributed by atoms with van der Waals surface area (Å²) < 4.78 is 5.45. The van der Waals surface area contributed by atoms with Gasteiger partial charge < -0.3 is 4.74 Å². The lowest BCUT2D eigenvalue weighted by molar-refractivity contribution is 0.407. The molecule has 0 aromatic heterocycles. The van der Waals surface area contributed by atoms with Gasteiger partial charge in [-0.05, 0) is 18.1 Å². The summed E-state index contributed by atoms with van der Waals surface area (Å²) in [4.78, 5) is 0. The number of methoxy groups -OCH3 is 1. The number of benzene rings is 2. The van der Waals surface area contributed by atoms with Crippen LogP contribution in [0.3, 0.4) is 0 Å². The summed E-state index contributed by atoms with van der Waals surface area (Å²) in [6, 6.07) is 18.9. The first kappa shape index (κ1) is 11.7. The van der Waals surface area contributed by atoms with Crippen LogP contribution in [0.4, 0.5) is 0 Å². The summed E-state index contributed by atoms with van der Waals surface area (Å²) in [5.74, 6) is 1.38. The average molecular weight is 226 g/mol. The second-order valence-electron chi connectivity index (χ2n) is 4.11. The molecule has 1 atom stereocenters. The molecule has 0 saturated carbocycles. The highest BCUT2D eigenvalue weighted by molar-refractivity contribution is 5.41. The van der Waals surface area contributed by atoms with Crippen LogP contribution in [-0.4, -0.2) is 7.11 Å². The SMILES string of the molecule is CCC(c1ccccc1)c1ccccc1OC. The van der Waals surface area contributed by atoms with Gasteiger partial charge in [0.05, 0.1) is 7.11 Å². The summed E-state index contributed by atoms with van der Waals surface area (Å²) in [5.41, 5.74) is 2.61. The summed E-state index contributed by atoms with van der Waals surface area (Å²) in [6.07, 6.45) is 1.07. The van der Waals surface area contributed by atoms with Gasteiger partial charge in [-0.25, -0.2) is 0 Å². The molecular formula is C16H18O. The van der Waals surface area contributed by atoms with Gasteiger partial charge in [-0.2, -0.15) is 0 Å². The zero-order valence-electron chi connectivity index (χ0n) is 10.4. The maximum Gasteiger partial charge on any atom is 0.122 e. The third kappa shape index (κ3) is 2.50. The molecule has 0 bridgehead atoms. The van der Waals surface area contributed by atoms with Crippen molar-refractivity contribution in [1.82, 2.24) is 0 Å². The van der Waals surface area contributed by atoms with Gasteiger partial charge in [0.1, 0.15) is 5.75 Å². The Hall–Kier alpha value is -1.76. The van der Waals surface area contributed by atoms with Gasteiger partial charge in [0.2, 0.25) is 0 Å². The van der Waals surface area contributed by atoms with Crippen molar-refractivity contribution in [1.29, 1.82) is 0 Å². The molecule has 0 N–H and O–H groups in total. The molecule has 2 aromatic rings. The van der Waals surface area contributed by atoms with E-state index in [9.17, 15) is 0 Å². The van der Waals surface area contributed by atoms with E-state index < -0.39 is 0 Å². The molecule has 0 saturated heterocycles. The van der Waals surface area contributed by atoms with E-state index in [-0.39, 0.29) is 0 Å². The Bertz CT molecular complexity index is 462. The second kappa shape index (κ2) is 5.53. The van der Waals surface area contributed by atoms with Gasteiger partial charge >= 0.3 is 0 Å². The lowest BCUT2D eigenvalue weighted by atomic mass is 9.88. The summed E-state index contributed by atoms with van der Waals surface area (Å²) in [7, 11) is 1.73. The number of ether oxygens (including phenoxy) is 1. The van der Waals surface area contributed by atoms with Gasteiger partial charge in [-0.3, -0.25) is 0 Å². The van der Waals surface area contributed by atoms with Gasteiger partial charge in [-0.1, -0.05) is 55.5 Å². The highest BCUT2D eigenvalue weighted by Gasteiger charge is 2.15. The number of hydrogen-bond acceptors (Lipinski definition) is 1. The number of rotatable bonds is 4. The fourth-order valence-corrected chi connectivity index (χ4v) is 2.27. The molecule has 2 rings (SSSR count). The predicted octanol–water partition coefficient (Wildman–Crippen LogP) is 4.24. The van der Waals surface area contributed by atoms with E-state index in [1.54, 1.807) is 7.11 Å². The fraction of sp³-hybridized carbons (Fsp3) is 0.250. The Labute approximate surface area is 103 Å². The molecule has 2 aromatic carbocycles. The van der Waals surface area contributed by atoms with Crippen molar-refractivity contribution in [2.45, 2.75) is 19.3 Å². The van der Waals surface area contributed by atoms with Crippen LogP contribution in [0.1, 0.15) is 30.4 Å². The largest absolute Gasteiger partial charge is 0.496 e. The highest BCUT2D eigenvalue weighted by Crippen LogP contribution is 2.33. The molecule has 1 nitrogen and oxygen atoms in total. The molecular weight excluding hydrogens is 208 g/mol. The molecule has 0 radical (unpaired) electrons. The fourth-order valence-electron chi connectivity index (χ4n) is 2.27. The molecule has 0 heterocycles. The molecule has 0 amide bonds. The maximum atomic E-state index is 5.45. The van der Waals surface area contributed by atoms with Gasteiger partial charge in [0.25, 0.3) is 0 Å². The minimum absolute atomic E-state index is 0.410. The van der Waals surface area contributed by atoms with Gasteiger partial charge in [-0.15, -0.1) is 0 Å². The standard InChI is InChI=1S/C16H18O/c1-3-14(13-9-5-4-6-10-13)15-11-7-8-12-16(15)17-2/h4-12,14H,3H2,1-2H3. The van der Waals surface area contributed by atoms with Crippen molar-refractivity contribution in [2.75, 3.05) is 7.11 Å². The molecule has 88 valence electrons. The Morgan fingerprint density at radius 1 is 0.941 bits per heavy atom. The van der Waals surface area contributed by atoms with E-state index in [1.807, 2.05) is 12.1 Å². The van der Waals surface area contributed by atoms with Crippen LogP contribution in [0.25, 0.3) is 0 Å². The van der Waals surface area contributed by atoms with Crippen molar-refractivity contribution in [3.8, 4) is 5.75 Å². The first-order valence-electron chi connectivity index (χ1n) is 6.04. The number of para-hydroxylation sites is 1. The minimum atomic E-state index is 0.410. The Morgan fingerprint density at radius 3 is 2.24 bits per heavy atom. The van der Waals surface area contributed by atoms with Gasteiger partial charge in [0.15, 0.2) is 0 Å². The normalized spacial score (nSPS) is 12.1. The van der Waals surface area contributed by atoms with Crippen LogP contribution < -0.4 is 4.74 Å². The average Bonchev–Trinajstić information content (AvgIpc) is 2.41. The smallest absolute Gasteiger partial charge is 0.122 e. The summed E-state index contributed by atoms with van der Waals surface area (Å²) in [5, 5.41) is 0. The van der Waals surface area contributed by atoms with Crippen LogP contribution in [-0.2, 0) is 0 Å². The second-order valence-corrected chi connectivity index (χ2v) is 4.11. The predicted molar refractivity (Wildman–Crippen MR) is 71.6 cm³/mol. The first-order valence-corrected chi connectivity index (χ1v) is 6.04. The zero-order chi connectivity index (χ0) is 12.1. The Kier molecular flexibility index (Phi) is 3.81. The van der Waals surface area contributed by atoms with E-state index in [4.69, 9.17) is 4.74 Å². The van der Waals surface area contributed by atoms with Crippen LogP contribution in [0.5, 0.6) is 5.75 Å². The van der Waals surface area contributed by atoms with Gasteiger partial charge in [0, 0.05) is 11.5 Å². The first-order chi connectivity index (χ1) is 8.36. The van der Waals surface area contributed by atoms with Crippen molar-refractivity contribution in [2.24, 2.45) is 0 Å². The molecule has 0 aliphatic rings. The van der Waals surface area contributed by atoms with E-state index in [2.05, 4.69) is 49.4 Å². The van der Waals surface area contributed by atoms with Crippen molar-refractivity contribution < 1.29 is 4.74 Å². The molecule has 0 aliphatic carbocycles. The number of hydrogen-bond donors (Lipinski definition) is 0. The van der Waals surface area contributed by atoms with Crippen LogP contribution in [0.15, 0.2) is 54.6 Å². The van der Waals surface area contributed by atoms with Crippen LogP contribution in [0.2, 0.25) is 0 Å². The van der Waals surface area contributed by atoms with E-state index in [1.165, 1.54) is 11.1 Å². The minimum Gasteiger partial charge on any atom is -0.496 e. The third-order valence-corrected chi connectivity index (χ3v) is 3.12.